The normalized spacial score (nSPS) is 24.5. The van der Waals surface area contributed by atoms with Crippen LogP contribution in [0, 0.1) is 6.92 Å². The van der Waals surface area contributed by atoms with Crippen molar-refractivity contribution in [3.8, 4) is 0 Å². The fourth-order valence-corrected chi connectivity index (χ4v) is 2.03. The number of anilines is 1. The van der Waals surface area contributed by atoms with Gasteiger partial charge in [0.05, 0.1) is 12.1 Å². The van der Waals surface area contributed by atoms with Gasteiger partial charge in [-0.25, -0.2) is 4.98 Å². The molecule has 0 spiro atoms. The first kappa shape index (κ1) is 10.4. The molecule has 2 unspecified atom stereocenters. The largest absolute Gasteiger partial charge is 0.376 e. The molecule has 15 heavy (non-hydrogen) atoms. The average molecular weight is 206 g/mol. The Hall–Kier alpha value is -1.09. The summed E-state index contributed by atoms with van der Waals surface area (Å²) in [5.74, 6) is 1.02. The van der Waals surface area contributed by atoms with Crippen molar-refractivity contribution >= 4 is 5.82 Å². The lowest BCUT2D eigenvalue weighted by atomic mass is 9.98. The van der Waals surface area contributed by atoms with Crippen LogP contribution in [-0.4, -0.2) is 23.7 Å². The smallest absolute Gasteiger partial charge is 0.129 e. The molecule has 0 fully saturated rings. The molecule has 1 aromatic heterocycles. The number of aryl methyl sites for hydroxylation is 1. The van der Waals surface area contributed by atoms with Crippen LogP contribution in [0.2, 0.25) is 0 Å². The third kappa shape index (κ3) is 2.12. The van der Waals surface area contributed by atoms with Crippen LogP contribution in [0.4, 0.5) is 5.82 Å². The molecule has 82 valence electrons. The standard InChI is InChI=1S/C12H18N2O/c1-4-15-11-6-10-5-8(2)7-13-12(10)14-9(11)3/h5,7,9,11H,4,6H2,1-3H3,(H,13,14). The first-order valence-corrected chi connectivity index (χ1v) is 5.54. The molecular formula is C12H18N2O. The van der Waals surface area contributed by atoms with Crippen LogP contribution in [0.25, 0.3) is 0 Å². The number of hydrogen-bond donors (Lipinski definition) is 1. The zero-order valence-electron chi connectivity index (χ0n) is 9.58. The van der Waals surface area contributed by atoms with E-state index in [4.69, 9.17) is 4.74 Å². The quantitative estimate of drug-likeness (QED) is 0.805. The zero-order chi connectivity index (χ0) is 10.8. The van der Waals surface area contributed by atoms with Gasteiger partial charge in [0.2, 0.25) is 0 Å². The minimum absolute atomic E-state index is 0.270. The highest BCUT2D eigenvalue weighted by Crippen LogP contribution is 2.24. The maximum absolute atomic E-state index is 5.70. The fourth-order valence-electron chi connectivity index (χ4n) is 2.03. The maximum Gasteiger partial charge on any atom is 0.129 e. The third-order valence-corrected chi connectivity index (χ3v) is 2.83. The number of rotatable bonds is 2. The second-order valence-corrected chi connectivity index (χ2v) is 4.15. The van der Waals surface area contributed by atoms with E-state index in [-0.39, 0.29) is 6.10 Å². The predicted molar refractivity (Wildman–Crippen MR) is 61.2 cm³/mol. The third-order valence-electron chi connectivity index (χ3n) is 2.83. The van der Waals surface area contributed by atoms with Gasteiger partial charge < -0.3 is 10.1 Å². The van der Waals surface area contributed by atoms with Gasteiger partial charge in [-0.3, -0.25) is 0 Å². The van der Waals surface area contributed by atoms with E-state index < -0.39 is 0 Å². The first-order chi connectivity index (χ1) is 7.20. The summed E-state index contributed by atoms with van der Waals surface area (Å²) in [6, 6.07) is 2.53. The zero-order valence-corrected chi connectivity index (χ0v) is 9.58. The molecule has 0 saturated heterocycles. The van der Waals surface area contributed by atoms with Crippen molar-refractivity contribution in [2.24, 2.45) is 0 Å². The number of aromatic nitrogens is 1. The molecule has 0 bridgehead atoms. The van der Waals surface area contributed by atoms with Crippen molar-refractivity contribution < 1.29 is 4.74 Å². The highest BCUT2D eigenvalue weighted by Gasteiger charge is 2.25. The maximum atomic E-state index is 5.70. The Labute approximate surface area is 90.9 Å². The summed E-state index contributed by atoms with van der Waals surface area (Å²) in [4.78, 5) is 4.40. The highest BCUT2D eigenvalue weighted by molar-refractivity contribution is 5.49. The Bertz CT molecular complexity index is 351. The molecule has 1 N–H and O–H groups in total. The molecule has 0 aromatic carbocycles. The molecule has 2 rings (SSSR count). The van der Waals surface area contributed by atoms with Gasteiger partial charge in [0.25, 0.3) is 0 Å². The van der Waals surface area contributed by atoms with E-state index in [1.165, 1.54) is 11.1 Å². The molecular weight excluding hydrogens is 188 g/mol. The van der Waals surface area contributed by atoms with E-state index in [0.29, 0.717) is 6.04 Å². The molecule has 1 aromatic rings. The number of nitrogens with one attached hydrogen (secondary N) is 1. The summed E-state index contributed by atoms with van der Waals surface area (Å²) < 4.78 is 5.70. The van der Waals surface area contributed by atoms with Crippen molar-refractivity contribution in [1.29, 1.82) is 0 Å². The second kappa shape index (κ2) is 4.19. The van der Waals surface area contributed by atoms with Gasteiger partial charge in [-0.05, 0) is 31.9 Å². The summed E-state index contributed by atoms with van der Waals surface area (Å²) in [5.41, 5.74) is 2.48. The van der Waals surface area contributed by atoms with Crippen LogP contribution < -0.4 is 5.32 Å². The lowest BCUT2D eigenvalue weighted by Crippen LogP contribution is -2.39. The molecule has 0 aliphatic carbocycles. The fraction of sp³-hybridized carbons (Fsp3) is 0.583. The number of hydrogen-bond acceptors (Lipinski definition) is 3. The molecule has 3 heteroatoms. The lowest BCUT2D eigenvalue weighted by Gasteiger charge is -2.31. The molecule has 3 nitrogen and oxygen atoms in total. The van der Waals surface area contributed by atoms with Gasteiger partial charge in [0, 0.05) is 19.2 Å². The van der Waals surface area contributed by atoms with Gasteiger partial charge in [-0.1, -0.05) is 6.07 Å². The lowest BCUT2D eigenvalue weighted by molar-refractivity contribution is 0.0504. The SMILES string of the molecule is CCOC1Cc2cc(C)cnc2NC1C. The van der Waals surface area contributed by atoms with Crippen LogP contribution in [0.1, 0.15) is 25.0 Å². The predicted octanol–water partition coefficient (Wildman–Crippen LogP) is 2.15. The Morgan fingerprint density at radius 1 is 1.60 bits per heavy atom. The van der Waals surface area contributed by atoms with Gasteiger partial charge in [0.1, 0.15) is 5.82 Å². The Morgan fingerprint density at radius 3 is 3.13 bits per heavy atom. The van der Waals surface area contributed by atoms with Crippen LogP contribution in [0.5, 0.6) is 0 Å². The summed E-state index contributed by atoms with van der Waals surface area (Å²) in [6.45, 7) is 7.02. The Morgan fingerprint density at radius 2 is 2.40 bits per heavy atom. The van der Waals surface area contributed by atoms with Crippen molar-refractivity contribution in [1.82, 2.24) is 4.98 Å². The summed E-state index contributed by atoms with van der Waals surface area (Å²) in [7, 11) is 0. The summed E-state index contributed by atoms with van der Waals surface area (Å²) in [5, 5.41) is 3.39. The molecule has 1 aliphatic heterocycles. The van der Waals surface area contributed by atoms with E-state index in [2.05, 4.69) is 30.2 Å². The average Bonchev–Trinajstić information content (AvgIpc) is 2.20. The number of pyridine rings is 1. The number of ether oxygens (including phenoxy) is 1. The molecule has 0 saturated carbocycles. The van der Waals surface area contributed by atoms with Gasteiger partial charge >= 0.3 is 0 Å². The van der Waals surface area contributed by atoms with E-state index in [0.717, 1.165) is 18.8 Å². The Kier molecular flexibility index (Phi) is 2.91. The van der Waals surface area contributed by atoms with E-state index >= 15 is 0 Å². The van der Waals surface area contributed by atoms with Gasteiger partial charge in [0.15, 0.2) is 0 Å². The van der Waals surface area contributed by atoms with Crippen LogP contribution in [-0.2, 0) is 11.2 Å². The van der Waals surface area contributed by atoms with Gasteiger partial charge in [-0.15, -0.1) is 0 Å². The minimum atomic E-state index is 0.270. The minimum Gasteiger partial charge on any atom is -0.376 e. The van der Waals surface area contributed by atoms with Crippen molar-refractivity contribution in [2.45, 2.75) is 39.3 Å². The first-order valence-electron chi connectivity index (χ1n) is 5.54. The molecule has 2 heterocycles. The number of nitrogens with zero attached hydrogens (tertiary/aromatic N) is 1. The van der Waals surface area contributed by atoms with Crippen molar-refractivity contribution in [3.63, 3.8) is 0 Å². The van der Waals surface area contributed by atoms with Crippen molar-refractivity contribution in [2.75, 3.05) is 11.9 Å². The molecule has 2 atom stereocenters. The van der Waals surface area contributed by atoms with E-state index in [1.54, 1.807) is 0 Å². The highest BCUT2D eigenvalue weighted by atomic mass is 16.5. The van der Waals surface area contributed by atoms with Crippen molar-refractivity contribution in [3.05, 3.63) is 23.4 Å². The second-order valence-electron chi connectivity index (χ2n) is 4.15. The van der Waals surface area contributed by atoms with Crippen LogP contribution in [0.15, 0.2) is 12.3 Å². The van der Waals surface area contributed by atoms with Crippen LogP contribution >= 0.6 is 0 Å². The van der Waals surface area contributed by atoms with E-state index in [9.17, 15) is 0 Å². The summed E-state index contributed by atoms with van der Waals surface area (Å²) in [6.07, 6.45) is 3.14. The molecule has 1 aliphatic rings. The summed E-state index contributed by atoms with van der Waals surface area (Å²) >= 11 is 0. The molecule has 0 radical (unpaired) electrons. The number of fused-ring (bicyclic) bond motifs is 1. The van der Waals surface area contributed by atoms with E-state index in [1.807, 2.05) is 13.1 Å². The van der Waals surface area contributed by atoms with Crippen LogP contribution in [0.3, 0.4) is 0 Å². The molecule has 0 amide bonds. The monoisotopic (exact) mass is 206 g/mol. The topological polar surface area (TPSA) is 34.1 Å². The van der Waals surface area contributed by atoms with Gasteiger partial charge in [-0.2, -0.15) is 0 Å². The Balaban J connectivity index is 2.22.